The first-order chi connectivity index (χ1) is 18.8. The molecule has 0 radical (unpaired) electrons. The Morgan fingerprint density at radius 1 is 1.15 bits per heavy atom. The average Bonchev–Trinajstić information content (AvgIpc) is 3.33. The van der Waals surface area contributed by atoms with Crippen molar-refractivity contribution in [2.45, 2.75) is 20.4 Å². The Hall–Kier alpha value is -4.09. The van der Waals surface area contributed by atoms with E-state index in [0.717, 1.165) is 44.1 Å². The molecule has 1 saturated heterocycles. The highest BCUT2D eigenvalue weighted by Gasteiger charge is 2.25. The van der Waals surface area contributed by atoms with Gasteiger partial charge in [0.15, 0.2) is 17.4 Å². The number of carbonyl (C=O) groups is 1. The molecule has 11 heteroatoms. The molecule has 1 aliphatic heterocycles. The molecule has 10 nitrogen and oxygen atoms in total. The SMILES string of the molecule is CCN(C)C(=O)c1c(Nc2ccc(CN3CCN(C)CC3)nc2)ncnc1Oc1ccc2[nH]c(C)cc2c1F. The Balaban J connectivity index is 1.41. The summed E-state index contributed by atoms with van der Waals surface area (Å²) < 4.78 is 21.2. The van der Waals surface area contributed by atoms with E-state index in [9.17, 15) is 4.79 Å². The van der Waals surface area contributed by atoms with Crippen LogP contribution in [0.25, 0.3) is 10.9 Å². The first-order valence-corrected chi connectivity index (χ1v) is 13.0. The van der Waals surface area contributed by atoms with Crippen molar-refractivity contribution in [3.63, 3.8) is 0 Å². The maximum absolute atomic E-state index is 15.3. The summed E-state index contributed by atoms with van der Waals surface area (Å²) in [6, 6.07) is 8.82. The fourth-order valence-corrected chi connectivity index (χ4v) is 4.50. The smallest absolute Gasteiger partial charge is 0.262 e. The van der Waals surface area contributed by atoms with Crippen molar-refractivity contribution in [3.05, 3.63) is 65.6 Å². The molecule has 0 bridgehead atoms. The number of rotatable bonds is 8. The van der Waals surface area contributed by atoms with Crippen LogP contribution in [0.1, 0.15) is 28.7 Å². The molecule has 0 unspecified atom stereocenters. The van der Waals surface area contributed by atoms with E-state index in [1.54, 1.807) is 25.4 Å². The van der Waals surface area contributed by atoms with E-state index in [-0.39, 0.29) is 28.9 Å². The van der Waals surface area contributed by atoms with Crippen LogP contribution in [0.5, 0.6) is 11.6 Å². The number of nitrogens with zero attached hydrogens (tertiary/aromatic N) is 6. The van der Waals surface area contributed by atoms with Gasteiger partial charge in [-0.15, -0.1) is 0 Å². The number of H-pyrrole nitrogens is 1. The second kappa shape index (κ2) is 11.3. The standard InChI is InChI=1S/C28H33FN8O2/c1-5-36(4)28(38)24-26(34-19-6-7-20(30-15-19)16-37-12-10-35(3)11-13-37)31-17-32-27(24)39-23-9-8-22-21(25(23)29)14-18(2)33-22/h6-9,14-15,17,33H,5,10-13,16H2,1-4H3,(H,31,32,34). The van der Waals surface area contributed by atoms with Gasteiger partial charge in [0.1, 0.15) is 11.9 Å². The third kappa shape index (κ3) is 5.84. The normalized spacial score (nSPS) is 14.5. The monoisotopic (exact) mass is 532 g/mol. The lowest BCUT2D eigenvalue weighted by Gasteiger charge is -2.32. The Kier molecular flexibility index (Phi) is 7.71. The van der Waals surface area contributed by atoms with Crippen LogP contribution < -0.4 is 10.1 Å². The van der Waals surface area contributed by atoms with Crippen molar-refractivity contribution in [2.75, 3.05) is 52.1 Å². The van der Waals surface area contributed by atoms with E-state index in [1.165, 1.54) is 17.3 Å². The highest BCUT2D eigenvalue weighted by atomic mass is 19.1. The zero-order valence-electron chi connectivity index (χ0n) is 22.7. The summed E-state index contributed by atoms with van der Waals surface area (Å²) in [5, 5.41) is 3.58. The van der Waals surface area contributed by atoms with E-state index in [2.05, 4.69) is 42.1 Å². The number of hydrogen-bond donors (Lipinski definition) is 2. The molecule has 1 aromatic carbocycles. The summed E-state index contributed by atoms with van der Waals surface area (Å²) in [5.41, 5.74) is 3.22. The number of aromatic nitrogens is 4. The number of piperazine rings is 1. The molecule has 5 rings (SSSR count). The van der Waals surface area contributed by atoms with E-state index in [4.69, 9.17) is 4.74 Å². The van der Waals surface area contributed by atoms with Gasteiger partial charge in [-0.05, 0) is 51.2 Å². The van der Waals surface area contributed by atoms with Gasteiger partial charge in [-0.25, -0.2) is 14.4 Å². The van der Waals surface area contributed by atoms with Gasteiger partial charge in [0.2, 0.25) is 5.88 Å². The molecule has 1 fully saturated rings. The highest BCUT2D eigenvalue weighted by molar-refractivity contribution is 6.01. The number of halogens is 1. The largest absolute Gasteiger partial charge is 0.435 e. The van der Waals surface area contributed by atoms with E-state index in [1.807, 2.05) is 26.0 Å². The number of nitrogens with one attached hydrogen (secondary N) is 2. The summed E-state index contributed by atoms with van der Waals surface area (Å²) in [7, 11) is 3.81. The van der Waals surface area contributed by atoms with Crippen LogP contribution in [-0.2, 0) is 6.54 Å². The number of ether oxygens (including phenoxy) is 1. The van der Waals surface area contributed by atoms with Crippen molar-refractivity contribution >= 4 is 28.3 Å². The minimum absolute atomic E-state index is 0.0331. The maximum atomic E-state index is 15.3. The van der Waals surface area contributed by atoms with Crippen LogP contribution in [0.3, 0.4) is 0 Å². The Bertz CT molecular complexity index is 1460. The second-order valence-corrected chi connectivity index (χ2v) is 9.86. The lowest BCUT2D eigenvalue weighted by Crippen LogP contribution is -2.43. The third-order valence-corrected chi connectivity index (χ3v) is 6.96. The number of likely N-dealkylation sites (N-methyl/N-ethyl adjacent to an activating group) is 1. The minimum Gasteiger partial charge on any atom is -0.435 e. The topological polar surface area (TPSA) is 103 Å². The van der Waals surface area contributed by atoms with Crippen molar-refractivity contribution in [3.8, 4) is 11.6 Å². The van der Waals surface area contributed by atoms with Gasteiger partial charge in [0, 0.05) is 62.9 Å². The molecule has 2 N–H and O–H groups in total. The number of aryl methyl sites for hydroxylation is 1. The van der Waals surface area contributed by atoms with Crippen molar-refractivity contribution < 1.29 is 13.9 Å². The lowest BCUT2D eigenvalue weighted by molar-refractivity contribution is 0.0799. The van der Waals surface area contributed by atoms with Crippen LogP contribution >= 0.6 is 0 Å². The summed E-state index contributed by atoms with van der Waals surface area (Å²) in [6.07, 6.45) is 3.00. The molecular formula is C28H33FN8O2. The predicted molar refractivity (Wildman–Crippen MR) is 148 cm³/mol. The Morgan fingerprint density at radius 3 is 2.67 bits per heavy atom. The van der Waals surface area contributed by atoms with E-state index in [0.29, 0.717) is 23.1 Å². The number of amides is 1. The minimum atomic E-state index is -0.535. The first kappa shape index (κ1) is 26.5. The summed E-state index contributed by atoms with van der Waals surface area (Å²) in [4.78, 5) is 35.9. The third-order valence-electron chi connectivity index (χ3n) is 6.96. The van der Waals surface area contributed by atoms with Gasteiger partial charge in [-0.3, -0.25) is 14.7 Å². The molecule has 204 valence electrons. The van der Waals surface area contributed by atoms with Gasteiger partial charge < -0.3 is 24.8 Å². The second-order valence-electron chi connectivity index (χ2n) is 9.86. The molecule has 39 heavy (non-hydrogen) atoms. The summed E-state index contributed by atoms with van der Waals surface area (Å²) in [5.74, 6) is -0.711. The number of fused-ring (bicyclic) bond motifs is 1. The Labute approximate surface area is 226 Å². The van der Waals surface area contributed by atoms with Gasteiger partial charge in [0.05, 0.1) is 17.6 Å². The van der Waals surface area contributed by atoms with Crippen molar-refractivity contribution in [2.24, 2.45) is 0 Å². The van der Waals surface area contributed by atoms with Crippen molar-refractivity contribution in [1.82, 2.24) is 34.6 Å². The number of carbonyl (C=O) groups excluding carboxylic acids is 1. The molecule has 0 spiro atoms. The van der Waals surface area contributed by atoms with Crippen LogP contribution in [0.4, 0.5) is 15.9 Å². The number of hydrogen-bond acceptors (Lipinski definition) is 8. The summed E-state index contributed by atoms with van der Waals surface area (Å²) in [6.45, 7) is 9.06. The highest BCUT2D eigenvalue weighted by Crippen LogP contribution is 2.34. The first-order valence-electron chi connectivity index (χ1n) is 13.0. The lowest BCUT2D eigenvalue weighted by atomic mass is 10.2. The van der Waals surface area contributed by atoms with Crippen LogP contribution in [-0.4, -0.2) is 87.4 Å². The molecule has 1 amide bonds. The molecule has 0 aliphatic carbocycles. The molecule has 4 aromatic rings. The van der Waals surface area contributed by atoms with E-state index >= 15 is 4.39 Å². The average molecular weight is 533 g/mol. The van der Waals surface area contributed by atoms with Crippen LogP contribution in [0.15, 0.2) is 42.9 Å². The summed E-state index contributed by atoms with van der Waals surface area (Å²) >= 11 is 0. The Morgan fingerprint density at radius 2 is 1.95 bits per heavy atom. The number of anilines is 2. The van der Waals surface area contributed by atoms with Crippen LogP contribution in [0.2, 0.25) is 0 Å². The van der Waals surface area contributed by atoms with Gasteiger partial charge >= 0.3 is 0 Å². The fraction of sp³-hybridized carbons (Fsp3) is 0.357. The number of pyridine rings is 1. The zero-order chi connectivity index (χ0) is 27.5. The van der Waals surface area contributed by atoms with Crippen LogP contribution in [0, 0.1) is 12.7 Å². The maximum Gasteiger partial charge on any atom is 0.262 e. The number of benzene rings is 1. The molecule has 3 aromatic heterocycles. The molecule has 4 heterocycles. The van der Waals surface area contributed by atoms with Gasteiger partial charge in [-0.2, -0.15) is 0 Å². The predicted octanol–water partition coefficient (Wildman–Crippen LogP) is 4.18. The molecule has 1 aliphatic rings. The van der Waals surface area contributed by atoms with E-state index < -0.39 is 5.82 Å². The van der Waals surface area contributed by atoms with Gasteiger partial charge in [0.25, 0.3) is 5.91 Å². The van der Waals surface area contributed by atoms with Gasteiger partial charge in [-0.1, -0.05) is 0 Å². The molecule has 0 saturated carbocycles. The molecule has 0 atom stereocenters. The van der Waals surface area contributed by atoms with Crippen molar-refractivity contribution in [1.29, 1.82) is 0 Å². The quantitative estimate of drug-likeness (QED) is 0.349. The zero-order valence-corrected chi connectivity index (χ0v) is 22.7. The fourth-order valence-electron chi connectivity index (χ4n) is 4.50. The molecular weight excluding hydrogens is 499 g/mol. The number of aromatic amines is 1.